The summed E-state index contributed by atoms with van der Waals surface area (Å²) >= 11 is 0. The molecule has 0 radical (unpaired) electrons. The molecule has 2 aromatic rings. The average Bonchev–Trinajstić information content (AvgIpc) is 3.05. The lowest BCUT2D eigenvalue weighted by molar-refractivity contribution is 0.0186. The third kappa shape index (κ3) is 3.76. The highest BCUT2D eigenvalue weighted by atomic mass is 16.5. The number of hydrogen-bond donors (Lipinski definition) is 1. The van der Waals surface area contributed by atoms with Crippen molar-refractivity contribution in [3.63, 3.8) is 0 Å². The predicted molar refractivity (Wildman–Crippen MR) is 93.6 cm³/mol. The maximum absolute atomic E-state index is 12.8. The number of nitrogens with one attached hydrogen (secondary N) is 1. The predicted octanol–water partition coefficient (Wildman–Crippen LogP) is 1.95. The van der Waals surface area contributed by atoms with Gasteiger partial charge >= 0.3 is 6.03 Å². The molecule has 1 aromatic heterocycles. The highest BCUT2D eigenvalue weighted by molar-refractivity contribution is 5.75. The molecule has 2 amide bonds. The largest absolute Gasteiger partial charge is 0.497 e. The van der Waals surface area contributed by atoms with E-state index in [0.29, 0.717) is 19.8 Å². The second-order valence-corrected chi connectivity index (χ2v) is 6.17. The van der Waals surface area contributed by atoms with Crippen LogP contribution >= 0.6 is 0 Å². The normalized spacial score (nSPS) is 18.7. The minimum Gasteiger partial charge on any atom is -0.497 e. The Morgan fingerprint density at radius 2 is 2.32 bits per heavy atom. The molecule has 0 saturated carbocycles. The van der Waals surface area contributed by atoms with Crippen molar-refractivity contribution in [3.05, 3.63) is 48.0 Å². The summed E-state index contributed by atoms with van der Waals surface area (Å²) in [6.07, 6.45) is 3.60. The third-order valence-corrected chi connectivity index (χ3v) is 4.44. The number of amides is 2. The molecule has 1 saturated heterocycles. The fraction of sp³-hybridized carbons (Fsp3) is 0.444. The van der Waals surface area contributed by atoms with E-state index in [0.717, 1.165) is 17.1 Å². The Balaban J connectivity index is 1.89. The first-order chi connectivity index (χ1) is 12.1. The van der Waals surface area contributed by atoms with Crippen LogP contribution in [0.25, 0.3) is 0 Å². The second kappa shape index (κ2) is 7.57. The van der Waals surface area contributed by atoms with Crippen LogP contribution in [0.2, 0.25) is 0 Å². The zero-order chi connectivity index (χ0) is 17.8. The molecule has 134 valence electrons. The summed E-state index contributed by atoms with van der Waals surface area (Å²) in [5.41, 5.74) is 0.919. The van der Waals surface area contributed by atoms with Gasteiger partial charge < -0.3 is 24.3 Å². The molecule has 7 nitrogen and oxygen atoms in total. The van der Waals surface area contributed by atoms with Crippen LogP contribution in [0.1, 0.15) is 24.4 Å². The molecule has 25 heavy (non-hydrogen) atoms. The Bertz CT molecular complexity index is 731. The van der Waals surface area contributed by atoms with Gasteiger partial charge in [-0.25, -0.2) is 9.78 Å². The Morgan fingerprint density at radius 3 is 3.00 bits per heavy atom. The van der Waals surface area contributed by atoms with E-state index in [-0.39, 0.29) is 18.1 Å². The lowest BCUT2D eigenvalue weighted by Gasteiger charge is -2.34. The number of nitrogens with zero attached hydrogens (tertiary/aromatic N) is 3. The van der Waals surface area contributed by atoms with Crippen LogP contribution in [0.3, 0.4) is 0 Å². The monoisotopic (exact) mass is 344 g/mol. The summed E-state index contributed by atoms with van der Waals surface area (Å²) in [5, 5.41) is 3.12. The summed E-state index contributed by atoms with van der Waals surface area (Å²) in [5.74, 6) is 1.51. The van der Waals surface area contributed by atoms with Crippen molar-refractivity contribution >= 4 is 6.03 Å². The first-order valence-electron chi connectivity index (χ1n) is 8.36. The zero-order valence-electron chi connectivity index (χ0n) is 14.8. The van der Waals surface area contributed by atoms with Gasteiger partial charge in [0.25, 0.3) is 0 Å². The SMILES string of the molecule is COc1cccc([C@H](NC(=O)N2CCOC[C@@H]2C)c2nccn2C)c1. The summed E-state index contributed by atoms with van der Waals surface area (Å²) in [6.45, 7) is 3.68. The molecule has 2 atom stereocenters. The number of imidazole rings is 1. The van der Waals surface area contributed by atoms with Crippen molar-refractivity contribution in [3.8, 4) is 5.75 Å². The van der Waals surface area contributed by atoms with Gasteiger partial charge in [-0.15, -0.1) is 0 Å². The summed E-state index contributed by atoms with van der Waals surface area (Å²) in [4.78, 5) is 19.1. The molecule has 1 aliphatic rings. The van der Waals surface area contributed by atoms with E-state index in [1.165, 1.54) is 0 Å². The molecule has 2 heterocycles. The standard InChI is InChI=1S/C18H24N4O3/c1-13-12-25-10-9-22(13)18(23)20-16(17-19-7-8-21(17)2)14-5-4-6-15(11-14)24-3/h4-8,11,13,16H,9-10,12H2,1-3H3,(H,20,23)/t13-,16-/m0/s1. The van der Waals surface area contributed by atoms with Crippen LogP contribution in [-0.4, -0.2) is 53.4 Å². The minimum absolute atomic E-state index is 0.0427. The molecule has 1 N–H and O–H groups in total. The number of methoxy groups -OCH3 is 1. The van der Waals surface area contributed by atoms with Gasteiger partial charge in [-0.2, -0.15) is 0 Å². The van der Waals surface area contributed by atoms with Crippen LogP contribution in [0.4, 0.5) is 4.79 Å². The Labute approximate surface area is 147 Å². The lowest BCUT2D eigenvalue weighted by atomic mass is 10.1. The number of aromatic nitrogens is 2. The smallest absolute Gasteiger partial charge is 0.318 e. The average molecular weight is 344 g/mol. The molecular formula is C18H24N4O3. The topological polar surface area (TPSA) is 68.6 Å². The van der Waals surface area contributed by atoms with Gasteiger partial charge in [-0.3, -0.25) is 0 Å². The Morgan fingerprint density at radius 1 is 1.48 bits per heavy atom. The summed E-state index contributed by atoms with van der Waals surface area (Å²) in [7, 11) is 3.54. The van der Waals surface area contributed by atoms with Gasteiger partial charge in [0.2, 0.25) is 0 Å². The van der Waals surface area contributed by atoms with Gasteiger partial charge in [-0.05, 0) is 24.6 Å². The summed E-state index contributed by atoms with van der Waals surface area (Å²) in [6, 6.07) is 7.23. The van der Waals surface area contributed by atoms with Crippen molar-refractivity contribution in [2.75, 3.05) is 26.9 Å². The molecule has 1 aliphatic heterocycles. The fourth-order valence-corrected chi connectivity index (χ4v) is 3.01. The quantitative estimate of drug-likeness (QED) is 0.920. The number of benzene rings is 1. The van der Waals surface area contributed by atoms with Gasteiger partial charge in [0.05, 0.1) is 26.4 Å². The van der Waals surface area contributed by atoms with Crippen LogP contribution in [0.15, 0.2) is 36.7 Å². The van der Waals surface area contributed by atoms with Gasteiger partial charge in [-0.1, -0.05) is 12.1 Å². The molecule has 0 bridgehead atoms. The molecule has 3 rings (SSSR count). The van der Waals surface area contributed by atoms with Crippen LogP contribution in [-0.2, 0) is 11.8 Å². The van der Waals surface area contributed by atoms with E-state index in [9.17, 15) is 4.79 Å². The first-order valence-corrected chi connectivity index (χ1v) is 8.36. The molecule has 0 unspecified atom stereocenters. The molecule has 0 spiro atoms. The molecule has 0 aliphatic carbocycles. The molecule has 1 aromatic carbocycles. The van der Waals surface area contributed by atoms with Gasteiger partial charge in [0.15, 0.2) is 0 Å². The maximum Gasteiger partial charge on any atom is 0.318 e. The van der Waals surface area contributed by atoms with Crippen molar-refractivity contribution in [2.45, 2.75) is 19.0 Å². The van der Waals surface area contributed by atoms with Gasteiger partial charge in [0.1, 0.15) is 17.6 Å². The van der Waals surface area contributed by atoms with Gasteiger partial charge in [0, 0.05) is 26.0 Å². The van der Waals surface area contributed by atoms with Crippen molar-refractivity contribution in [2.24, 2.45) is 7.05 Å². The van der Waals surface area contributed by atoms with Crippen molar-refractivity contribution in [1.82, 2.24) is 19.8 Å². The number of morpholine rings is 1. The number of ether oxygens (including phenoxy) is 2. The maximum atomic E-state index is 12.8. The molecular weight excluding hydrogens is 320 g/mol. The number of urea groups is 1. The zero-order valence-corrected chi connectivity index (χ0v) is 14.8. The van der Waals surface area contributed by atoms with Crippen LogP contribution in [0.5, 0.6) is 5.75 Å². The Kier molecular flexibility index (Phi) is 5.23. The lowest BCUT2D eigenvalue weighted by Crippen LogP contribution is -2.52. The molecule has 7 heteroatoms. The van der Waals surface area contributed by atoms with E-state index in [4.69, 9.17) is 9.47 Å². The first kappa shape index (κ1) is 17.3. The summed E-state index contributed by atoms with van der Waals surface area (Å²) < 4.78 is 12.7. The van der Waals surface area contributed by atoms with Crippen LogP contribution in [0, 0.1) is 0 Å². The number of carbonyl (C=O) groups is 1. The third-order valence-electron chi connectivity index (χ3n) is 4.44. The van der Waals surface area contributed by atoms with E-state index in [1.807, 2.05) is 49.0 Å². The fourth-order valence-electron chi connectivity index (χ4n) is 3.01. The number of aryl methyl sites for hydroxylation is 1. The second-order valence-electron chi connectivity index (χ2n) is 6.17. The highest BCUT2D eigenvalue weighted by Gasteiger charge is 2.28. The van der Waals surface area contributed by atoms with Crippen molar-refractivity contribution < 1.29 is 14.3 Å². The van der Waals surface area contributed by atoms with Crippen LogP contribution < -0.4 is 10.1 Å². The number of rotatable bonds is 4. The Hall–Kier alpha value is -2.54. The number of carbonyl (C=O) groups excluding carboxylic acids is 1. The van der Waals surface area contributed by atoms with E-state index in [2.05, 4.69) is 10.3 Å². The van der Waals surface area contributed by atoms with E-state index >= 15 is 0 Å². The molecule has 1 fully saturated rings. The number of hydrogen-bond acceptors (Lipinski definition) is 4. The minimum atomic E-state index is -0.363. The van der Waals surface area contributed by atoms with E-state index in [1.54, 1.807) is 18.2 Å². The van der Waals surface area contributed by atoms with E-state index < -0.39 is 0 Å². The van der Waals surface area contributed by atoms with Crippen molar-refractivity contribution in [1.29, 1.82) is 0 Å². The highest BCUT2D eigenvalue weighted by Crippen LogP contribution is 2.24.